The molecule has 1 fully saturated rings. The summed E-state index contributed by atoms with van der Waals surface area (Å²) in [5, 5.41) is 12.1. The van der Waals surface area contributed by atoms with Crippen LogP contribution in [0.2, 0.25) is 0 Å². The second kappa shape index (κ2) is 6.68. The molecule has 0 aliphatic heterocycles. The molecule has 0 aromatic heterocycles. The van der Waals surface area contributed by atoms with Gasteiger partial charge in [-0.1, -0.05) is 6.92 Å². The lowest BCUT2D eigenvalue weighted by Crippen LogP contribution is -2.41. The van der Waals surface area contributed by atoms with Crippen LogP contribution >= 0.6 is 11.8 Å². The summed E-state index contributed by atoms with van der Waals surface area (Å²) >= 11 is 1.93. The minimum Gasteiger partial charge on any atom is -0.396 e. The van der Waals surface area contributed by atoms with Crippen LogP contribution in [0, 0.1) is 5.92 Å². The summed E-state index contributed by atoms with van der Waals surface area (Å²) in [4.78, 5) is 0. The summed E-state index contributed by atoms with van der Waals surface area (Å²) in [6.45, 7) is 3.78. The first kappa shape index (κ1) is 11.3. The Hall–Kier alpha value is 0.270. The van der Waals surface area contributed by atoms with Gasteiger partial charge in [-0.2, -0.15) is 11.8 Å². The maximum absolute atomic E-state index is 8.56. The molecule has 0 atom stereocenters. The molecule has 0 amide bonds. The number of hydrogen-bond donors (Lipinski definition) is 2. The maximum atomic E-state index is 8.56. The van der Waals surface area contributed by atoms with Gasteiger partial charge in [-0.05, 0) is 30.9 Å². The van der Waals surface area contributed by atoms with Crippen LogP contribution in [0.1, 0.15) is 26.2 Å². The van der Waals surface area contributed by atoms with Crippen molar-refractivity contribution in [3.63, 3.8) is 0 Å². The van der Waals surface area contributed by atoms with Crippen molar-refractivity contribution in [1.29, 1.82) is 0 Å². The van der Waals surface area contributed by atoms with E-state index in [-0.39, 0.29) is 0 Å². The smallest absolute Gasteiger partial charge is 0.0438 e. The Labute approximate surface area is 85.5 Å². The van der Waals surface area contributed by atoms with Crippen molar-refractivity contribution in [2.75, 3.05) is 24.7 Å². The SMILES string of the molecule is CC1CC(NCCSCCCO)C1. The summed E-state index contributed by atoms with van der Waals surface area (Å²) in [5.41, 5.74) is 0. The number of aliphatic hydroxyl groups is 1. The van der Waals surface area contributed by atoms with Crippen LogP contribution in [-0.4, -0.2) is 35.8 Å². The molecule has 0 heterocycles. The molecule has 1 saturated carbocycles. The van der Waals surface area contributed by atoms with Crippen molar-refractivity contribution in [3.8, 4) is 0 Å². The first-order valence-corrected chi connectivity index (χ1v) is 6.40. The summed E-state index contributed by atoms with van der Waals surface area (Å²) in [6.07, 6.45) is 3.66. The fourth-order valence-electron chi connectivity index (χ4n) is 1.67. The van der Waals surface area contributed by atoms with E-state index in [2.05, 4.69) is 12.2 Å². The number of thioether (sulfide) groups is 1. The van der Waals surface area contributed by atoms with Gasteiger partial charge < -0.3 is 10.4 Å². The van der Waals surface area contributed by atoms with Crippen LogP contribution in [0.25, 0.3) is 0 Å². The third-order valence-electron chi connectivity index (χ3n) is 2.50. The molecule has 0 radical (unpaired) electrons. The quantitative estimate of drug-likeness (QED) is 0.615. The third-order valence-corrected chi connectivity index (χ3v) is 3.57. The predicted octanol–water partition coefficient (Wildman–Crippen LogP) is 1.49. The standard InChI is InChI=1S/C10H21NOS/c1-9-7-10(8-9)11-3-6-13-5-2-4-12/h9-12H,2-8H2,1H3. The predicted molar refractivity (Wildman–Crippen MR) is 59.2 cm³/mol. The van der Waals surface area contributed by atoms with E-state index in [4.69, 9.17) is 5.11 Å². The van der Waals surface area contributed by atoms with Gasteiger partial charge in [-0.15, -0.1) is 0 Å². The van der Waals surface area contributed by atoms with E-state index in [0.29, 0.717) is 6.61 Å². The molecule has 0 aromatic carbocycles. The number of nitrogens with one attached hydrogen (secondary N) is 1. The number of rotatable bonds is 7. The summed E-state index contributed by atoms with van der Waals surface area (Å²) in [5.74, 6) is 3.23. The topological polar surface area (TPSA) is 32.3 Å². The van der Waals surface area contributed by atoms with Crippen LogP contribution in [0.4, 0.5) is 0 Å². The fraction of sp³-hybridized carbons (Fsp3) is 1.00. The van der Waals surface area contributed by atoms with Crippen LogP contribution in [0.5, 0.6) is 0 Å². The molecule has 1 aliphatic rings. The van der Waals surface area contributed by atoms with E-state index in [1.807, 2.05) is 11.8 Å². The number of aliphatic hydroxyl groups excluding tert-OH is 1. The van der Waals surface area contributed by atoms with Gasteiger partial charge in [0.2, 0.25) is 0 Å². The minimum atomic E-state index is 0.334. The van der Waals surface area contributed by atoms with Crippen LogP contribution in [-0.2, 0) is 0 Å². The van der Waals surface area contributed by atoms with Crippen LogP contribution < -0.4 is 5.32 Å². The molecule has 2 N–H and O–H groups in total. The van der Waals surface area contributed by atoms with Crippen molar-refractivity contribution >= 4 is 11.8 Å². The van der Waals surface area contributed by atoms with Crippen molar-refractivity contribution in [2.45, 2.75) is 32.2 Å². The second-order valence-corrected chi connectivity index (χ2v) is 5.14. The first-order chi connectivity index (χ1) is 6.33. The highest BCUT2D eigenvalue weighted by molar-refractivity contribution is 7.99. The van der Waals surface area contributed by atoms with Gasteiger partial charge in [0.1, 0.15) is 0 Å². The average Bonchev–Trinajstić information content (AvgIpc) is 2.07. The Balaban J connectivity index is 1.74. The Morgan fingerprint density at radius 2 is 2.15 bits per heavy atom. The Morgan fingerprint density at radius 1 is 1.38 bits per heavy atom. The normalized spacial score (nSPS) is 27.2. The van der Waals surface area contributed by atoms with Gasteiger partial charge in [-0.25, -0.2) is 0 Å². The van der Waals surface area contributed by atoms with E-state index >= 15 is 0 Å². The lowest BCUT2D eigenvalue weighted by atomic mass is 9.82. The van der Waals surface area contributed by atoms with Gasteiger partial charge >= 0.3 is 0 Å². The van der Waals surface area contributed by atoms with Gasteiger partial charge in [-0.3, -0.25) is 0 Å². The summed E-state index contributed by atoms with van der Waals surface area (Å²) in [7, 11) is 0. The van der Waals surface area contributed by atoms with E-state index in [0.717, 1.165) is 30.7 Å². The first-order valence-electron chi connectivity index (χ1n) is 5.25. The van der Waals surface area contributed by atoms with Crippen molar-refractivity contribution in [3.05, 3.63) is 0 Å². The molecule has 13 heavy (non-hydrogen) atoms. The van der Waals surface area contributed by atoms with Crippen molar-refractivity contribution < 1.29 is 5.11 Å². The van der Waals surface area contributed by atoms with Gasteiger partial charge in [0, 0.05) is 24.9 Å². The van der Waals surface area contributed by atoms with Crippen LogP contribution in [0.3, 0.4) is 0 Å². The molecule has 0 spiro atoms. The van der Waals surface area contributed by atoms with E-state index < -0.39 is 0 Å². The average molecular weight is 203 g/mol. The van der Waals surface area contributed by atoms with Crippen molar-refractivity contribution in [1.82, 2.24) is 5.32 Å². The maximum Gasteiger partial charge on any atom is 0.0438 e. The monoisotopic (exact) mass is 203 g/mol. The molecule has 0 unspecified atom stereocenters. The third kappa shape index (κ3) is 4.89. The van der Waals surface area contributed by atoms with Gasteiger partial charge in [0.05, 0.1) is 0 Å². The summed E-state index contributed by atoms with van der Waals surface area (Å²) in [6, 6.07) is 0.799. The zero-order valence-electron chi connectivity index (χ0n) is 8.46. The zero-order valence-corrected chi connectivity index (χ0v) is 9.28. The van der Waals surface area contributed by atoms with Crippen molar-refractivity contribution in [2.24, 2.45) is 5.92 Å². The zero-order chi connectivity index (χ0) is 9.52. The molecule has 1 aliphatic carbocycles. The Kier molecular flexibility index (Phi) is 5.83. The molecular formula is C10H21NOS. The molecule has 0 saturated heterocycles. The molecule has 3 heteroatoms. The van der Waals surface area contributed by atoms with E-state index in [9.17, 15) is 0 Å². The van der Waals surface area contributed by atoms with E-state index in [1.165, 1.54) is 18.6 Å². The Bertz CT molecular complexity index is 126. The lowest BCUT2D eigenvalue weighted by Gasteiger charge is -2.33. The summed E-state index contributed by atoms with van der Waals surface area (Å²) < 4.78 is 0. The molecular weight excluding hydrogens is 182 g/mol. The molecule has 78 valence electrons. The molecule has 1 rings (SSSR count). The highest BCUT2D eigenvalue weighted by atomic mass is 32.2. The molecule has 0 bridgehead atoms. The number of hydrogen-bond acceptors (Lipinski definition) is 3. The fourth-order valence-corrected chi connectivity index (χ4v) is 2.47. The van der Waals surface area contributed by atoms with Crippen LogP contribution in [0.15, 0.2) is 0 Å². The molecule has 2 nitrogen and oxygen atoms in total. The highest BCUT2D eigenvalue weighted by Gasteiger charge is 2.23. The van der Waals surface area contributed by atoms with E-state index in [1.54, 1.807) is 0 Å². The second-order valence-electron chi connectivity index (χ2n) is 3.92. The van der Waals surface area contributed by atoms with Gasteiger partial charge in [0.25, 0.3) is 0 Å². The minimum absolute atomic E-state index is 0.334. The highest BCUT2D eigenvalue weighted by Crippen LogP contribution is 2.25. The van der Waals surface area contributed by atoms with Gasteiger partial charge in [0.15, 0.2) is 0 Å². The molecule has 0 aromatic rings. The Morgan fingerprint density at radius 3 is 2.77 bits per heavy atom. The lowest BCUT2D eigenvalue weighted by molar-refractivity contribution is 0.246. The largest absolute Gasteiger partial charge is 0.396 e.